The second-order valence-electron chi connectivity index (χ2n) is 4.25. The summed E-state index contributed by atoms with van der Waals surface area (Å²) >= 11 is 0. The van der Waals surface area contributed by atoms with Crippen LogP contribution in [0, 0.1) is 0 Å². The predicted octanol–water partition coefficient (Wildman–Crippen LogP) is 2.63. The van der Waals surface area contributed by atoms with Gasteiger partial charge in [-0.25, -0.2) is 0 Å². The van der Waals surface area contributed by atoms with Gasteiger partial charge in [-0.15, -0.1) is 0 Å². The summed E-state index contributed by atoms with van der Waals surface area (Å²) in [5, 5.41) is 3.30. The smallest absolute Gasteiger partial charge is 0.123 e. The Bertz CT molecular complexity index is 361. The molecule has 17 heavy (non-hydrogen) atoms. The van der Waals surface area contributed by atoms with E-state index in [1.165, 1.54) is 0 Å². The zero-order valence-corrected chi connectivity index (χ0v) is 10.8. The fourth-order valence-corrected chi connectivity index (χ4v) is 1.28. The molecule has 0 bridgehead atoms. The molecule has 0 amide bonds. The van der Waals surface area contributed by atoms with E-state index < -0.39 is 0 Å². The van der Waals surface area contributed by atoms with Crippen LogP contribution in [0.2, 0.25) is 0 Å². The van der Waals surface area contributed by atoms with E-state index in [0.717, 1.165) is 23.6 Å². The van der Waals surface area contributed by atoms with Crippen LogP contribution in [0.3, 0.4) is 0 Å². The van der Waals surface area contributed by atoms with E-state index in [2.05, 4.69) is 25.7 Å². The van der Waals surface area contributed by atoms with Crippen molar-refractivity contribution in [2.45, 2.75) is 19.9 Å². The molecule has 0 saturated heterocycles. The van der Waals surface area contributed by atoms with E-state index in [4.69, 9.17) is 9.47 Å². The average molecular weight is 235 g/mol. The van der Waals surface area contributed by atoms with Gasteiger partial charge in [0.25, 0.3) is 0 Å². The highest BCUT2D eigenvalue weighted by molar-refractivity contribution is 5.33. The van der Waals surface area contributed by atoms with E-state index >= 15 is 0 Å². The summed E-state index contributed by atoms with van der Waals surface area (Å²) in [6.07, 6.45) is 0. The zero-order valence-electron chi connectivity index (χ0n) is 10.8. The Hall–Kier alpha value is -1.48. The molecule has 3 nitrogen and oxygen atoms in total. The molecule has 3 heteroatoms. The summed E-state index contributed by atoms with van der Waals surface area (Å²) in [7, 11) is 1.64. The summed E-state index contributed by atoms with van der Waals surface area (Å²) in [5.74, 6) is 1.60. The predicted molar refractivity (Wildman–Crippen MR) is 70.8 cm³/mol. The van der Waals surface area contributed by atoms with Crippen LogP contribution in [0.15, 0.2) is 36.4 Å². The maximum absolute atomic E-state index is 5.62. The Kier molecular flexibility index (Phi) is 5.57. The molecule has 0 spiro atoms. The van der Waals surface area contributed by atoms with Gasteiger partial charge in [0.15, 0.2) is 0 Å². The van der Waals surface area contributed by atoms with Crippen molar-refractivity contribution in [2.75, 3.05) is 20.3 Å². The maximum Gasteiger partial charge on any atom is 0.123 e. The lowest BCUT2D eigenvalue weighted by molar-refractivity contribution is 0.343. The molecule has 0 aromatic heterocycles. The van der Waals surface area contributed by atoms with Crippen LogP contribution in [-0.4, -0.2) is 26.3 Å². The summed E-state index contributed by atoms with van der Waals surface area (Å²) in [5.41, 5.74) is 1.03. The third-order valence-electron chi connectivity index (χ3n) is 2.24. The summed E-state index contributed by atoms with van der Waals surface area (Å²) in [6.45, 7) is 9.48. The molecule has 0 heterocycles. The summed E-state index contributed by atoms with van der Waals surface area (Å²) in [6, 6.07) is 8.03. The minimum Gasteiger partial charge on any atom is -0.497 e. The third-order valence-corrected chi connectivity index (χ3v) is 2.24. The van der Waals surface area contributed by atoms with Crippen LogP contribution in [0.1, 0.15) is 13.8 Å². The van der Waals surface area contributed by atoms with Gasteiger partial charge in [-0.1, -0.05) is 26.5 Å². The van der Waals surface area contributed by atoms with Crippen molar-refractivity contribution in [3.05, 3.63) is 36.4 Å². The SMILES string of the molecule is C=C(CNC(C)C)COc1cccc(OC)c1. The Morgan fingerprint density at radius 2 is 2.06 bits per heavy atom. The molecule has 94 valence electrons. The van der Waals surface area contributed by atoms with Crippen LogP contribution in [-0.2, 0) is 0 Å². The van der Waals surface area contributed by atoms with Crippen LogP contribution in [0.25, 0.3) is 0 Å². The number of ether oxygens (including phenoxy) is 2. The van der Waals surface area contributed by atoms with E-state index in [0.29, 0.717) is 12.6 Å². The van der Waals surface area contributed by atoms with E-state index in [-0.39, 0.29) is 0 Å². The van der Waals surface area contributed by atoms with Crippen molar-refractivity contribution in [3.8, 4) is 11.5 Å². The van der Waals surface area contributed by atoms with Gasteiger partial charge in [0.1, 0.15) is 18.1 Å². The number of hydrogen-bond acceptors (Lipinski definition) is 3. The highest BCUT2D eigenvalue weighted by Gasteiger charge is 2.00. The van der Waals surface area contributed by atoms with Gasteiger partial charge >= 0.3 is 0 Å². The van der Waals surface area contributed by atoms with E-state index in [9.17, 15) is 0 Å². The molecule has 0 aliphatic rings. The Labute approximate surface area is 103 Å². The van der Waals surface area contributed by atoms with Gasteiger partial charge < -0.3 is 14.8 Å². The number of benzene rings is 1. The molecule has 0 fully saturated rings. The Morgan fingerprint density at radius 3 is 2.71 bits per heavy atom. The lowest BCUT2D eigenvalue weighted by Gasteiger charge is -2.12. The minimum absolute atomic E-state index is 0.462. The lowest BCUT2D eigenvalue weighted by Crippen LogP contribution is -2.26. The van der Waals surface area contributed by atoms with Crippen LogP contribution < -0.4 is 14.8 Å². The number of hydrogen-bond donors (Lipinski definition) is 1. The first-order chi connectivity index (χ1) is 8.11. The topological polar surface area (TPSA) is 30.5 Å². The third kappa shape index (κ3) is 5.41. The molecule has 0 radical (unpaired) electrons. The van der Waals surface area contributed by atoms with Gasteiger partial charge in [0.05, 0.1) is 7.11 Å². The van der Waals surface area contributed by atoms with Crippen molar-refractivity contribution < 1.29 is 9.47 Å². The monoisotopic (exact) mass is 235 g/mol. The molecule has 1 aromatic carbocycles. The molecule has 0 atom stereocenters. The average Bonchev–Trinajstić information content (AvgIpc) is 2.34. The Morgan fingerprint density at radius 1 is 1.35 bits per heavy atom. The maximum atomic E-state index is 5.62. The van der Waals surface area contributed by atoms with E-state index in [1.807, 2.05) is 24.3 Å². The quantitative estimate of drug-likeness (QED) is 0.737. The van der Waals surface area contributed by atoms with Crippen molar-refractivity contribution in [1.82, 2.24) is 5.32 Å². The van der Waals surface area contributed by atoms with Gasteiger partial charge in [0.2, 0.25) is 0 Å². The molecule has 1 rings (SSSR count). The van der Waals surface area contributed by atoms with Gasteiger partial charge in [0, 0.05) is 18.7 Å². The molecule has 1 aromatic rings. The zero-order chi connectivity index (χ0) is 12.7. The lowest BCUT2D eigenvalue weighted by atomic mass is 10.3. The fraction of sp³-hybridized carbons (Fsp3) is 0.429. The number of nitrogens with one attached hydrogen (secondary N) is 1. The van der Waals surface area contributed by atoms with Crippen LogP contribution in [0.4, 0.5) is 0 Å². The normalized spacial score (nSPS) is 10.4. The highest BCUT2D eigenvalue weighted by Crippen LogP contribution is 2.19. The number of rotatable bonds is 7. The molecule has 0 aliphatic carbocycles. The summed E-state index contributed by atoms with van der Waals surface area (Å²) < 4.78 is 10.7. The second-order valence-corrected chi connectivity index (χ2v) is 4.25. The van der Waals surface area contributed by atoms with Crippen molar-refractivity contribution >= 4 is 0 Å². The molecule has 1 N–H and O–H groups in total. The van der Waals surface area contributed by atoms with E-state index in [1.54, 1.807) is 7.11 Å². The largest absolute Gasteiger partial charge is 0.497 e. The fourth-order valence-electron chi connectivity index (χ4n) is 1.28. The molecular weight excluding hydrogens is 214 g/mol. The minimum atomic E-state index is 0.462. The van der Waals surface area contributed by atoms with Crippen molar-refractivity contribution in [2.24, 2.45) is 0 Å². The molecule has 0 saturated carbocycles. The highest BCUT2D eigenvalue weighted by atomic mass is 16.5. The Balaban J connectivity index is 2.36. The first-order valence-electron chi connectivity index (χ1n) is 5.78. The molecule has 0 unspecified atom stereocenters. The first-order valence-corrected chi connectivity index (χ1v) is 5.78. The van der Waals surface area contributed by atoms with Crippen LogP contribution in [0.5, 0.6) is 11.5 Å². The van der Waals surface area contributed by atoms with Crippen molar-refractivity contribution in [3.63, 3.8) is 0 Å². The number of methoxy groups -OCH3 is 1. The van der Waals surface area contributed by atoms with Gasteiger partial charge in [-0.2, -0.15) is 0 Å². The first kappa shape index (κ1) is 13.6. The van der Waals surface area contributed by atoms with Gasteiger partial charge in [-0.05, 0) is 17.7 Å². The standard InChI is InChI=1S/C14H21NO2/c1-11(2)15-9-12(3)10-17-14-7-5-6-13(8-14)16-4/h5-8,11,15H,3,9-10H2,1-2,4H3. The molecular formula is C14H21NO2. The van der Waals surface area contributed by atoms with Crippen molar-refractivity contribution in [1.29, 1.82) is 0 Å². The van der Waals surface area contributed by atoms with Crippen LogP contribution >= 0.6 is 0 Å². The summed E-state index contributed by atoms with van der Waals surface area (Å²) in [4.78, 5) is 0. The van der Waals surface area contributed by atoms with Gasteiger partial charge in [-0.3, -0.25) is 0 Å². The molecule has 0 aliphatic heterocycles. The second kappa shape index (κ2) is 6.97.